The minimum Gasteiger partial charge on any atom is -0.322 e. The number of carbonyl (C=O) groups is 1. The molecule has 2 N–H and O–H groups in total. The number of carbonyl (C=O) groups excluding carboxylic acids is 1. The molecule has 0 saturated heterocycles. The summed E-state index contributed by atoms with van der Waals surface area (Å²) in [4.78, 5) is 32.1. The maximum absolute atomic E-state index is 13.0. The molecule has 3 aromatic rings. The average molecular weight is 406 g/mol. The largest absolute Gasteiger partial charge is 0.322 e. The van der Waals surface area contributed by atoms with Crippen LogP contribution in [-0.2, 0) is 19.3 Å². The first-order valence-corrected chi connectivity index (χ1v) is 10.8. The molecule has 136 valence electrons. The zero-order valence-electron chi connectivity index (χ0n) is 14.6. The topological polar surface area (TPSA) is 66.9 Å². The van der Waals surface area contributed by atoms with E-state index in [2.05, 4.69) is 10.4 Å². The molecule has 0 atom stereocenters. The number of nitrogens with one attached hydrogen (secondary N) is 2. The Morgan fingerprint density at radius 1 is 1.38 bits per heavy atom. The lowest BCUT2D eigenvalue weighted by Crippen LogP contribution is -2.34. The van der Waals surface area contributed by atoms with Gasteiger partial charge >= 0.3 is 0 Å². The van der Waals surface area contributed by atoms with Crippen LogP contribution in [0.4, 0.5) is 0 Å². The first-order valence-electron chi connectivity index (χ1n) is 8.69. The van der Waals surface area contributed by atoms with Crippen LogP contribution >= 0.6 is 34.9 Å². The molecule has 0 fully saturated rings. The number of aromatic amines is 1. The molecule has 0 spiro atoms. The molecule has 5 nitrogen and oxygen atoms in total. The van der Waals surface area contributed by atoms with Crippen LogP contribution < -0.4 is 11.0 Å². The third-order valence-corrected chi connectivity index (χ3v) is 7.36. The molecule has 4 rings (SSSR count). The van der Waals surface area contributed by atoms with Gasteiger partial charge in [0.1, 0.15) is 4.83 Å². The van der Waals surface area contributed by atoms with Gasteiger partial charge in [-0.15, -0.1) is 22.7 Å². The van der Waals surface area contributed by atoms with E-state index in [4.69, 9.17) is 12.2 Å². The van der Waals surface area contributed by atoms with Crippen molar-refractivity contribution in [2.24, 2.45) is 0 Å². The summed E-state index contributed by atoms with van der Waals surface area (Å²) < 4.78 is 1.39. The number of hydrogen-bond donors (Lipinski definition) is 2. The minimum atomic E-state index is -0.268. The Kier molecular flexibility index (Phi) is 4.58. The maximum atomic E-state index is 13.0. The van der Waals surface area contributed by atoms with Crippen molar-refractivity contribution in [1.29, 1.82) is 0 Å². The van der Waals surface area contributed by atoms with E-state index in [0.717, 1.165) is 46.5 Å². The second kappa shape index (κ2) is 6.75. The summed E-state index contributed by atoms with van der Waals surface area (Å²) in [7, 11) is 0. The summed E-state index contributed by atoms with van der Waals surface area (Å²) in [5.74, 6) is -0.268. The Hall–Kier alpha value is -1.77. The van der Waals surface area contributed by atoms with Gasteiger partial charge in [0.2, 0.25) is 4.77 Å². The minimum absolute atomic E-state index is 0.212. The van der Waals surface area contributed by atoms with Crippen molar-refractivity contribution in [3.63, 3.8) is 0 Å². The molecule has 0 saturated carbocycles. The molecular weight excluding hydrogens is 386 g/mol. The Morgan fingerprint density at radius 2 is 2.15 bits per heavy atom. The van der Waals surface area contributed by atoms with E-state index in [1.807, 2.05) is 19.2 Å². The molecule has 0 aliphatic heterocycles. The second-order valence-corrected chi connectivity index (χ2v) is 9.04. The number of aryl methyl sites for hydroxylation is 3. The number of H-pyrrole nitrogens is 1. The van der Waals surface area contributed by atoms with E-state index in [-0.39, 0.29) is 16.2 Å². The molecule has 0 radical (unpaired) electrons. The summed E-state index contributed by atoms with van der Waals surface area (Å²) in [6, 6.07) is 0. The zero-order valence-corrected chi connectivity index (χ0v) is 17.1. The highest BCUT2D eigenvalue weighted by Gasteiger charge is 2.22. The van der Waals surface area contributed by atoms with Crippen LogP contribution in [0, 0.1) is 11.7 Å². The molecule has 8 heteroatoms. The molecule has 1 aliphatic carbocycles. The highest BCUT2D eigenvalue weighted by molar-refractivity contribution is 7.71. The molecule has 3 heterocycles. The number of hydrogen-bond acceptors (Lipinski definition) is 5. The maximum Gasteiger partial charge on any atom is 0.282 e. The van der Waals surface area contributed by atoms with E-state index >= 15 is 0 Å². The van der Waals surface area contributed by atoms with Crippen molar-refractivity contribution in [3.8, 4) is 0 Å². The fourth-order valence-corrected chi connectivity index (χ4v) is 6.18. The summed E-state index contributed by atoms with van der Waals surface area (Å²) in [6.45, 7) is 4.02. The van der Waals surface area contributed by atoms with Crippen LogP contribution in [-0.4, -0.2) is 15.6 Å². The lowest BCUT2D eigenvalue weighted by atomic mass is 9.96. The molecule has 0 aromatic carbocycles. The normalized spacial score (nSPS) is 13.8. The first-order chi connectivity index (χ1) is 12.5. The summed E-state index contributed by atoms with van der Waals surface area (Å²) in [6.07, 6.45) is 4.99. The fourth-order valence-electron chi connectivity index (χ4n) is 3.62. The van der Waals surface area contributed by atoms with Gasteiger partial charge in [0.15, 0.2) is 0 Å². The molecule has 26 heavy (non-hydrogen) atoms. The molecule has 0 unspecified atom stereocenters. The van der Waals surface area contributed by atoms with Crippen LogP contribution in [0.15, 0.2) is 10.2 Å². The highest BCUT2D eigenvalue weighted by atomic mass is 32.1. The lowest BCUT2D eigenvalue weighted by molar-refractivity contribution is 0.101. The summed E-state index contributed by atoms with van der Waals surface area (Å²) >= 11 is 8.49. The Morgan fingerprint density at radius 3 is 2.92 bits per heavy atom. The van der Waals surface area contributed by atoms with Crippen molar-refractivity contribution in [2.45, 2.75) is 46.0 Å². The highest BCUT2D eigenvalue weighted by Crippen LogP contribution is 2.30. The Labute approximate surface area is 163 Å². The summed E-state index contributed by atoms with van der Waals surface area (Å²) in [5, 5.41) is 2.52. The van der Waals surface area contributed by atoms with Crippen LogP contribution in [0.1, 0.15) is 51.0 Å². The Balaban J connectivity index is 1.78. The van der Waals surface area contributed by atoms with Gasteiger partial charge < -0.3 is 4.98 Å². The molecule has 0 bridgehead atoms. The van der Waals surface area contributed by atoms with E-state index in [1.165, 1.54) is 27.3 Å². The number of rotatable bonds is 3. The quantitative estimate of drug-likeness (QED) is 0.638. The average Bonchev–Trinajstić information content (AvgIpc) is 3.18. The van der Waals surface area contributed by atoms with Gasteiger partial charge in [0.25, 0.3) is 11.5 Å². The van der Waals surface area contributed by atoms with Crippen molar-refractivity contribution in [3.05, 3.63) is 46.9 Å². The zero-order chi connectivity index (χ0) is 18.4. The van der Waals surface area contributed by atoms with Gasteiger partial charge in [-0.2, -0.15) is 4.68 Å². The van der Waals surface area contributed by atoms with Gasteiger partial charge in [0.05, 0.1) is 10.9 Å². The smallest absolute Gasteiger partial charge is 0.282 e. The third-order valence-electron chi connectivity index (χ3n) is 4.92. The van der Waals surface area contributed by atoms with E-state index in [1.54, 1.807) is 11.3 Å². The van der Waals surface area contributed by atoms with Gasteiger partial charge in [-0.05, 0) is 62.4 Å². The van der Waals surface area contributed by atoms with Crippen molar-refractivity contribution >= 4 is 51.0 Å². The molecule has 1 amide bonds. The number of aromatic nitrogens is 2. The number of thiophene rings is 2. The van der Waals surface area contributed by atoms with Crippen LogP contribution in [0.5, 0.6) is 0 Å². The van der Waals surface area contributed by atoms with E-state index in [9.17, 15) is 9.59 Å². The number of amides is 1. The number of nitrogens with zero attached hydrogens (tertiary/aromatic N) is 1. The third kappa shape index (κ3) is 2.76. The predicted octanol–water partition coefficient (Wildman–Crippen LogP) is 4.32. The van der Waals surface area contributed by atoms with Crippen molar-refractivity contribution in [2.75, 3.05) is 5.43 Å². The molecule has 1 aliphatic rings. The van der Waals surface area contributed by atoms with Crippen LogP contribution in [0.3, 0.4) is 0 Å². The predicted molar refractivity (Wildman–Crippen MR) is 110 cm³/mol. The SMILES string of the molecule is CCc1c(C)sc2[nH]c(=S)n(NC(=O)c3csc4c3CCCC4)c(=O)c12. The van der Waals surface area contributed by atoms with Crippen molar-refractivity contribution < 1.29 is 4.79 Å². The standard InChI is InChI=1S/C18H19N3O2S3/c1-3-10-9(2)26-16-14(10)17(23)21(18(24)19-16)20-15(22)12-8-25-13-7-5-4-6-11(12)13/h8H,3-7H2,1-2H3,(H,19,24)(H,20,22). The number of fused-ring (bicyclic) bond motifs is 2. The first kappa shape index (κ1) is 17.6. The molecule has 3 aromatic heterocycles. The van der Waals surface area contributed by atoms with E-state index in [0.29, 0.717) is 10.9 Å². The van der Waals surface area contributed by atoms with Gasteiger partial charge in [0, 0.05) is 15.1 Å². The van der Waals surface area contributed by atoms with E-state index < -0.39 is 0 Å². The van der Waals surface area contributed by atoms with Crippen LogP contribution in [0.25, 0.3) is 10.2 Å². The second-order valence-electron chi connectivity index (χ2n) is 6.46. The monoisotopic (exact) mass is 405 g/mol. The van der Waals surface area contributed by atoms with Crippen molar-refractivity contribution in [1.82, 2.24) is 9.66 Å². The van der Waals surface area contributed by atoms with Gasteiger partial charge in [-0.25, -0.2) is 0 Å². The van der Waals surface area contributed by atoms with Crippen LogP contribution in [0.2, 0.25) is 0 Å². The lowest BCUT2D eigenvalue weighted by Gasteiger charge is -2.13. The van der Waals surface area contributed by atoms with Gasteiger partial charge in [-0.1, -0.05) is 6.92 Å². The fraction of sp³-hybridized carbons (Fsp3) is 0.389. The summed E-state index contributed by atoms with van der Waals surface area (Å²) in [5.41, 5.74) is 5.27. The molecular formula is C18H19N3O2S3. The van der Waals surface area contributed by atoms with Gasteiger partial charge in [-0.3, -0.25) is 15.0 Å². The Bertz CT molecular complexity index is 1130.